The van der Waals surface area contributed by atoms with Gasteiger partial charge in [-0.05, 0) is 42.5 Å². The number of anilines is 1. The van der Waals surface area contributed by atoms with Gasteiger partial charge in [-0.3, -0.25) is 0 Å². The molecular formula is C12H16FN. The molecule has 1 aromatic rings. The monoisotopic (exact) mass is 193 g/mol. The summed E-state index contributed by atoms with van der Waals surface area (Å²) in [5.41, 5.74) is 2.22. The second-order valence-corrected chi connectivity index (χ2v) is 4.14. The standard InChI is InChI=1S/C12H16FN/c1-3-11-8(2)6-9-7-10(13)4-5-12(9)14-11/h4-5,7-8,11,14H,3,6H2,1-2H3/t8-,11-/m1/s1. The van der Waals surface area contributed by atoms with Crippen LogP contribution in [0.2, 0.25) is 0 Å². The molecule has 2 heteroatoms. The van der Waals surface area contributed by atoms with E-state index in [1.807, 2.05) is 6.07 Å². The minimum atomic E-state index is -0.132. The minimum absolute atomic E-state index is 0.132. The van der Waals surface area contributed by atoms with Crippen molar-refractivity contribution >= 4 is 5.69 Å². The van der Waals surface area contributed by atoms with E-state index in [4.69, 9.17) is 0 Å². The fourth-order valence-corrected chi connectivity index (χ4v) is 2.21. The van der Waals surface area contributed by atoms with Crippen molar-refractivity contribution in [2.45, 2.75) is 32.7 Å². The van der Waals surface area contributed by atoms with E-state index in [0.717, 1.165) is 24.1 Å². The molecule has 0 aliphatic carbocycles. The zero-order valence-electron chi connectivity index (χ0n) is 8.68. The zero-order valence-corrected chi connectivity index (χ0v) is 8.68. The van der Waals surface area contributed by atoms with Crippen molar-refractivity contribution in [1.82, 2.24) is 0 Å². The molecule has 2 rings (SSSR count). The maximum atomic E-state index is 13.0. The first-order chi connectivity index (χ1) is 6.70. The SMILES string of the molecule is CC[C@H]1Nc2ccc(F)cc2C[C@H]1C. The van der Waals surface area contributed by atoms with Gasteiger partial charge in [-0.25, -0.2) is 4.39 Å². The van der Waals surface area contributed by atoms with Crippen molar-refractivity contribution in [3.05, 3.63) is 29.6 Å². The Labute approximate surface area is 84.3 Å². The first kappa shape index (κ1) is 9.50. The number of hydrogen-bond acceptors (Lipinski definition) is 1. The van der Waals surface area contributed by atoms with Crippen LogP contribution in [0.15, 0.2) is 18.2 Å². The lowest BCUT2D eigenvalue weighted by Crippen LogP contribution is -2.32. The lowest BCUT2D eigenvalue weighted by atomic mass is 9.87. The molecule has 1 aliphatic heterocycles. The molecule has 1 aliphatic rings. The van der Waals surface area contributed by atoms with Crippen LogP contribution in [0.1, 0.15) is 25.8 Å². The lowest BCUT2D eigenvalue weighted by Gasteiger charge is -2.32. The molecule has 0 radical (unpaired) electrons. The van der Waals surface area contributed by atoms with Gasteiger partial charge in [-0.2, -0.15) is 0 Å². The summed E-state index contributed by atoms with van der Waals surface area (Å²) in [6.07, 6.45) is 2.11. The summed E-state index contributed by atoms with van der Waals surface area (Å²) in [4.78, 5) is 0. The second-order valence-electron chi connectivity index (χ2n) is 4.14. The van der Waals surface area contributed by atoms with Crippen molar-refractivity contribution in [2.75, 3.05) is 5.32 Å². The minimum Gasteiger partial charge on any atom is -0.382 e. The van der Waals surface area contributed by atoms with Crippen molar-refractivity contribution in [3.63, 3.8) is 0 Å². The topological polar surface area (TPSA) is 12.0 Å². The van der Waals surface area contributed by atoms with E-state index in [1.54, 1.807) is 6.07 Å². The Bertz CT molecular complexity index is 335. The highest BCUT2D eigenvalue weighted by atomic mass is 19.1. The first-order valence-corrected chi connectivity index (χ1v) is 5.25. The van der Waals surface area contributed by atoms with E-state index < -0.39 is 0 Å². The molecule has 0 unspecified atom stereocenters. The number of hydrogen-bond donors (Lipinski definition) is 1. The van der Waals surface area contributed by atoms with Crippen LogP contribution in [0.4, 0.5) is 10.1 Å². The number of halogens is 1. The fraction of sp³-hybridized carbons (Fsp3) is 0.500. The predicted molar refractivity (Wildman–Crippen MR) is 57.0 cm³/mol. The van der Waals surface area contributed by atoms with Crippen molar-refractivity contribution < 1.29 is 4.39 Å². The van der Waals surface area contributed by atoms with Crippen molar-refractivity contribution in [1.29, 1.82) is 0 Å². The van der Waals surface area contributed by atoms with E-state index in [0.29, 0.717) is 12.0 Å². The van der Waals surface area contributed by atoms with Crippen LogP contribution in [0, 0.1) is 11.7 Å². The third-order valence-electron chi connectivity index (χ3n) is 3.08. The van der Waals surface area contributed by atoms with E-state index in [2.05, 4.69) is 19.2 Å². The smallest absolute Gasteiger partial charge is 0.123 e. The third-order valence-corrected chi connectivity index (χ3v) is 3.08. The molecule has 1 aromatic carbocycles. The van der Waals surface area contributed by atoms with Crippen LogP contribution in [0.25, 0.3) is 0 Å². The van der Waals surface area contributed by atoms with Crippen LogP contribution >= 0.6 is 0 Å². The summed E-state index contributed by atoms with van der Waals surface area (Å²) in [7, 11) is 0. The Morgan fingerprint density at radius 3 is 3.00 bits per heavy atom. The predicted octanol–water partition coefficient (Wildman–Crippen LogP) is 3.21. The third kappa shape index (κ3) is 1.61. The first-order valence-electron chi connectivity index (χ1n) is 5.25. The molecule has 0 saturated carbocycles. The number of benzene rings is 1. The van der Waals surface area contributed by atoms with Gasteiger partial charge in [0.15, 0.2) is 0 Å². The molecule has 0 saturated heterocycles. The summed E-state index contributed by atoms with van der Waals surface area (Å²) in [6.45, 7) is 4.40. The summed E-state index contributed by atoms with van der Waals surface area (Å²) in [5, 5.41) is 3.46. The molecule has 1 N–H and O–H groups in total. The van der Waals surface area contributed by atoms with Gasteiger partial charge in [-0.1, -0.05) is 13.8 Å². The average Bonchev–Trinajstić information content (AvgIpc) is 2.16. The molecule has 14 heavy (non-hydrogen) atoms. The summed E-state index contributed by atoms with van der Waals surface area (Å²) in [5.74, 6) is 0.460. The molecule has 0 fully saturated rings. The summed E-state index contributed by atoms with van der Waals surface area (Å²) >= 11 is 0. The molecule has 0 amide bonds. The Kier molecular flexibility index (Phi) is 2.44. The molecule has 76 valence electrons. The Balaban J connectivity index is 2.30. The van der Waals surface area contributed by atoms with E-state index in [1.165, 1.54) is 6.07 Å². The van der Waals surface area contributed by atoms with Gasteiger partial charge < -0.3 is 5.32 Å². The van der Waals surface area contributed by atoms with Gasteiger partial charge >= 0.3 is 0 Å². The largest absolute Gasteiger partial charge is 0.382 e. The van der Waals surface area contributed by atoms with Gasteiger partial charge in [0.05, 0.1) is 0 Å². The quantitative estimate of drug-likeness (QED) is 0.722. The van der Waals surface area contributed by atoms with Crippen LogP contribution in [0.3, 0.4) is 0 Å². The molecular weight excluding hydrogens is 177 g/mol. The maximum absolute atomic E-state index is 13.0. The Morgan fingerprint density at radius 1 is 1.50 bits per heavy atom. The maximum Gasteiger partial charge on any atom is 0.123 e. The number of nitrogens with one attached hydrogen (secondary N) is 1. The molecule has 0 aromatic heterocycles. The van der Waals surface area contributed by atoms with Crippen molar-refractivity contribution in [2.24, 2.45) is 5.92 Å². The molecule has 1 nitrogen and oxygen atoms in total. The van der Waals surface area contributed by atoms with Crippen molar-refractivity contribution in [3.8, 4) is 0 Å². The zero-order chi connectivity index (χ0) is 10.1. The normalized spacial score (nSPS) is 25.4. The van der Waals surface area contributed by atoms with Gasteiger partial charge in [0.1, 0.15) is 5.82 Å². The molecule has 1 heterocycles. The highest BCUT2D eigenvalue weighted by Crippen LogP contribution is 2.29. The summed E-state index contributed by atoms with van der Waals surface area (Å²) in [6, 6.07) is 5.55. The van der Waals surface area contributed by atoms with Gasteiger partial charge in [-0.15, -0.1) is 0 Å². The van der Waals surface area contributed by atoms with Crippen LogP contribution in [0.5, 0.6) is 0 Å². The van der Waals surface area contributed by atoms with Gasteiger partial charge in [0.25, 0.3) is 0 Å². The second kappa shape index (κ2) is 3.60. The Hall–Kier alpha value is -1.05. The highest BCUT2D eigenvalue weighted by molar-refractivity contribution is 5.54. The van der Waals surface area contributed by atoms with Crippen LogP contribution < -0.4 is 5.32 Å². The van der Waals surface area contributed by atoms with Gasteiger partial charge in [0.2, 0.25) is 0 Å². The molecule has 0 spiro atoms. The van der Waals surface area contributed by atoms with Crippen LogP contribution in [-0.2, 0) is 6.42 Å². The Morgan fingerprint density at radius 2 is 2.29 bits per heavy atom. The van der Waals surface area contributed by atoms with Gasteiger partial charge in [0, 0.05) is 11.7 Å². The van der Waals surface area contributed by atoms with E-state index in [9.17, 15) is 4.39 Å². The van der Waals surface area contributed by atoms with E-state index in [-0.39, 0.29) is 5.82 Å². The highest BCUT2D eigenvalue weighted by Gasteiger charge is 2.23. The molecule has 0 bridgehead atoms. The van der Waals surface area contributed by atoms with E-state index >= 15 is 0 Å². The van der Waals surface area contributed by atoms with Crippen LogP contribution in [-0.4, -0.2) is 6.04 Å². The lowest BCUT2D eigenvalue weighted by molar-refractivity contribution is 0.452. The molecule has 2 atom stereocenters. The number of rotatable bonds is 1. The number of fused-ring (bicyclic) bond motifs is 1. The average molecular weight is 193 g/mol. The summed E-state index contributed by atoms with van der Waals surface area (Å²) < 4.78 is 13.0. The fourth-order valence-electron chi connectivity index (χ4n) is 2.21.